The molecule has 4 nitrogen and oxygen atoms in total. The topological polar surface area (TPSA) is 73.3 Å². The zero-order valence-electron chi connectivity index (χ0n) is 7.69. The number of carbonyl (C=O) groups is 1. The number of phenols is 1. The van der Waals surface area contributed by atoms with Crippen LogP contribution in [0.4, 0.5) is 0 Å². The first kappa shape index (κ1) is 10.1. The number of benzene rings is 1. The standard InChI is InChI=1S/C8H7NO.C2H4O2/c10-7-2-1-6-3-4-9-8(6)5-7;1-2(3)4/h1-5,9-10H;1H3,(H,3,4). The van der Waals surface area contributed by atoms with Crippen molar-refractivity contribution < 1.29 is 15.0 Å². The van der Waals surface area contributed by atoms with Crippen LogP contribution in [0.5, 0.6) is 5.75 Å². The van der Waals surface area contributed by atoms with Crippen LogP contribution < -0.4 is 0 Å². The van der Waals surface area contributed by atoms with E-state index in [2.05, 4.69) is 4.98 Å². The van der Waals surface area contributed by atoms with Crippen LogP contribution in [0.1, 0.15) is 6.92 Å². The number of carboxylic acid groups (broad SMARTS) is 1. The van der Waals surface area contributed by atoms with Crippen molar-refractivity contribution >= 4 is 16.9 Å². The molecule has 1 aromatic heterocycles. The van der Waals surface area contributed by atoms with Crippen molar-refractivity contribution in [2.45, 2.75) is 6.92 Å². The second-order valence-electron chi connectivity index (χ2n) is 2.77. The lowest BCUT2D eigenvalue weighted by Crippen LogP contribution is -1.78. The third kappa shape index (κ3) is 2.82. The Balaban J connectivity index is 0.000000213. The number of fused-ring (bicyclic) bond motifs is 1. The number of nitrogens with one attached hydrogen (secondary N) is 1. The van der Waals surface area contributed by atoms with Gasteiger partial charge in [-0.05, 0) is 23.6 Å². The van der Waals surface area contributed by atoms with Crippen molar-refractivity contribution in [2.24, 2.45) is 0 Å². The van der Waals surface area contributed by atoms with Gasteiger partial charge in [-0.25, -0.2) is 0 Å². The van der Waals surface area contributed by atoms with Gasteiger partial charge in [0.1, 0.15) is 5.75 Å². The Morgan fingerprint density at radius 3 is 2.64 bits per heavy atom. The van der Waals surface area contributed by atoms with E-state index >= 15 is 0 Å². The van der Waals surface area contributed by atoms with E-state index in [1.54, 1.807) is 12.1 Å². The Bertz CT molecular complexity index is 430. The van der Waals surface area contributed by atoms with E-state index in [4.69, 9.17) is 15.0 Å². The summed E-state index contributed by atoms with van der Waals surface area (Å²) in [6.45, 7) is 1.08. The van der Waals surface area contributed by atoms with E-state index in [0.29, 0.717) is 5.75 Å². The summed E-state index contributed by atoms with van der Waals surface area (Å²) in [5.41, 5.74) is 0.972. The maximum Gasteiger partial charge on any atom is 0.300 e. The number of aromatic amines is 1. The Morgan fingerprint density at radius 2 is 2.00 bits per heavy atom. The van der Waals surface area contributed by atoms with Crippen LogP contribution >= 0.6 is 0 Å². The van der Waals surface area contributed by atoms with Crippen molar-refractivity contribution in [2.75, 3.05) is 0 Å². The third-order valence-corrected chi connectivity index (χ3v) is 1.54. The minimum Gasteiger partial charge on any atom is -0.508 e. The minimum atomic E-state index is -0.833. The fraction of sp³-hybridized carbons (Fsp3) is 0.100. The molecule has 74 valence electrons. The van der Waals surface area contributed by atoms with Crippen LogP contribution in [-0.2, 0) is 4.79 Å². The van der Waals surface area contributed by atoms with Crippen molar-refractivity contribution in [3.63, 3.8) is 0 Å². The molecule has 0 aliphatic carbocycles. The molecule has 0 spiro atoms. The predicted molar refractivity (Wildman–Crippen MR) is 53.3 cm³/mol. The van der Waals surface area contributed by atoms with E-state index in [0.717, 1.165) is 17.8 Å². The summed E-state index contributed by atoms with van der Waals surface area (Å²) >= 11 is 0. The van der Waals surface area contributed by atoms with E-state index in [1.807, 2.05) is 18.3 Å². The van der Waals surface area contributed by atoms with Gasteiger partial charge in [0.15, 0.2) is 0 Å². The molecule has 0 bridgehead atoms. The fourth-order valence-corrected chi connectivity index (χ4v) is 1.04. The molecule has 0 radical (unpaired) electrons. The number of aliphatic carboxylic acids is 1. The quantitative estimate of drug-likeness (QED) is 0.598. The van der Waals surface area contributed by atoms with Gasteiger partial charge in [0.25, 0.3) is 5.97 Å². The summed E-state index contributed by atoms with van der Waals surface area (Å²) < 4.78 is 0. The molecule has 0 aliphatic rings. The molecule has 0 atom stereocenters. The molecule has 0 aliphatic heterocycles. The lowest BCUT2D eigenvalue weighted by Gasteiger charge is -1.89. The molecule has 0 saturated carbocycles. The molecule has 0 fully saturated rings. The number of hydrogen-bond donors (Lipinski definition) is 3. The third-order valence-electron chi connectivity index (χ3n) is 1.54. The number of carboxylic acids is 1. The largest absolute Gasteiger partial charge is 0.508 e. The first-order valence-electron chi connectivity index (χ1n) is 4.05. The average molecular weight is 193 g/mol. The highest BCUT2D eigenvalue weighted by Crippen LogP contribution is 2.17. The molecule has 2 rings (SSSR count). The Morgan fingerprint density at radius 1 is 1.36 bits per heavy atom. The van der Waals surface area contributed by atoms with Gasteiger partial charge in [-0.15, -0.1) is 0 Å². The smallest absolute Gasteiger partial charge is 0.300 e. The molecule has 3 N–H and O–H groups in total. The highest BCUT2D eigenvalue weighted by molar-refractivity contribution is 5.80. The van der Waals surface area contributed by atoms with Gasteiger partial charge in [-0.3, -0.25) is 4.79 Å². The molecule has 14 heavy (non-hydrogen) atoms. The summed E-state index contributed by atoms with van der Waals surface area (Å²) in [5.74, 6) is -0.532. The lowest BCUT2D eigenvalue weighted by molar-refractivity contribution is -0.134. The van der Waals surface area contributed by atoms with Gasteiger partial charge in [-0.1, -0.05) is 0 Å². The van der Waals surface area contributed by atoms with Crippen molar-refractivity contribution in [1.29, 1.82) is 0 Å². The number of rotatable bonds is 0. The second-order valence-corrected chi connectivity index (χ2v) is 2.77. The van der Waals surface area contributed by atoms with Gasteiger partial charge < -0.3 is 15.2 Å². The monoisotopic (exact) mass is 193 g/mol. The lowest BCUT2D eigenvalue weighted by atomic mass is 10.2. The number of phenolic OH excluding ortho intramolecular Hbond substituents is 1. The highest BCUT2D eigenvalue weighted by Gasteiger charge is 1.92. The van der Waals surface area contributed by atoms with Gasteiger partial charge in [0, 0.05) is 24.7 Å². The average Bonchev–Trinajstić information content (AvgIpc) is 2.49. The molecule has 0 saturated heterocycles. The van der Waals surface area contributed by atoms with Crippen molar-refractivity contribution in [1.82, 2.24) is 4.98 Å². The minimum absolute atomic E-state index is 0.301. The van der Waals surface area contributed by atoms with E-state index < -0.39 is 5.97 Å². The maximum atomic E-state index is 9.03. The molecular weight excluding hydrogens is 182 g/mol. The SMILES string of the molecule is CC(=O)O.Oc1ccc2cc[nH]c2c1. The molecule has 0 amide bonds. The van der Waals surface area contributed by atoms with Crippen LogP contribution in [-0.4, -0.2) is 21.2 Å². The van der Waals surface area contributed by atoms with Gasteiger partial charge in [0.2, 0.25) is 0 Å². The summed E-state index contributed by atoms with van der Waals surface area (Å²) in [6.07, 6.45) is 1.85. The number of aromatic nitrogens is 1. The summed E-state index contributed by atoms with van der Waals surface area (Å²) in [5, 5.41) is 17.6. The van der Waals surface area contributed by atoms with Crippen LogP contribution in [0.2, 0.25) is 0 Å². The number of H-pyrrole nitrogens is 1. The normalized spacial score (nSPS) is 9.21. The second kappa shape index (κ2) is 4.32. The molecule has 4 heteroatoms. The summed E-state index contributed by atoms with van der Waals surface area (Å²) in [7, 11) is 0. The highest BCUT2D eigenvalue weighted by atomic mass is 16.4. The van der Waals surface area contributed by atoms with Gasteiger partial charge >= 0.3 is 0 Å². The van der Waals surface area contributed by atoms with Crippen molar-refractivity contribution in [3.8, 4) is 5.75 Å². The Labute approximate surface area is 80.8 Å². The zero-order chi connectivity index (χ0) is 10.6. The molecule has 0 unspecified atom stereocenters. The molecule has 1 heterocycles. The first-order valence-corrected chi connectivity index (χ1v) is 4.05. The molecule has 1 aromatic carbocycles. The number of aromatic hydroxyl groups is 1. The number of hydrogen-bond acceptors (Lipinski definition) is 2. The zero-order valence-corrected chi connectivity index (χ0v) is 7.69. The van der Waals surface area contributed by atoms with E-state index in [1.165, 1.54) is 0 Å². The van der Waals surface area contributed by atoms with Crippen LogP contribution in [0.15, 0.2) is 30.5 Å². The maximum absolute atomic E-state index is 9.03. The molecule has 2 aromatic rings. The van der Waals surface area contributed by atoms with Crippen molar-refractivity contribution in [3.05, 3.63) is 30.5 Å². The van der Waals surface area contributed by atoms with Crippen LogP contribution in [0, 0.1) is 0 Å². The summed E-state index contributed by atoms with van der Waals surface area (Å²) in [4.78, 5) is 12.0. The fourth-order valence-electron chi connectivity index (χ4n) is 1.04. The Kier molecular flexibility index (Phi) is 3.12. The van der Waals surface area contributed by atoms with Crippen LogP contribution in [0.25, 0.3) is 10.9 Å². The predicted octanol–water partition coefficient (Wildman–Crippen LogP) is 1.96. The Hall–Kier alpha value is -1.97. The van der Waals surface area contributed by atoms with Gasteiger partial charge in [-0.2, -0.15) is 0 Å². The van der Waals surface area contributed by atoms with Crippen LogP contribution in [0.3, 0.4) is 0 Å². The van der Waals surface area contributed by atoms with E-state index in [-0.39, 0.29) is 0 Å². The van der Waals surface area contributed by atoms with E-state index in [9.17, 15) is 0 Å². The summed E-state index contributed by atoms with van der Waals surface area (Å²) in [6, 6.07) is 7.22. The first-order chi connectivity index (χ1) is 6.59. The molecular formula is C10H11NO3. The van der Waals surface area contributed by atoms with Gasteiger partial charge in [0.05, 0.1) is 0 Å².